The van der Waals surface area contributed by atoms with Gasteiger partial charge in [0.1, 0.15) is 12.9 Å². The van der Waals surface area contributed by atoms with Crippen LogP contribution in [0.4, 0.5) is 0 Å². The number of methoxy groups -OCH3 is 1. The predicted octanol–water partition coefficient (Wildman–Crippen LogP) is 3.13. The van der Waals surface area contributed by atoms with Gasteiger partial charge in [-0.1, -0.05) is 17.3 Å². The Hall–Kier alpha value is -1.55. The van der Waals surface area contributed by atoms with E-state index in [4.69, 9.17) is 9.57 Å². The number of hydrogen-bond acceptors (Lipinski definition) is 4. The molecule has 0 spiro atoms. The van der Waals surface area contributed by atoms with Crippen molar-refractivity contribution in [1.82, 2.24) is 4.90 Å². The first kappa shape index (κ1) is 15.3. The number of oxime groups is 1. The van der Waals surface area contributed by atoms with E-state index in [2.05, 4.69) is 42.2 Å². The Morgan fingerprint density at radius 1 is 1.27 bits per heavy atom. The van der Waals surface area contributed by atoms with Gasteiger partial charge in [0.05, 0.1) is 12.8 Å². The average Bonchev–Trinajstić information content (AvgIpc) is 2.86. The number of fused-ring (bicyclic) bond motifs is 1. The maximum absolute atomic E-state index is 5.42. The lowest BCUT2D eigenvalue weighted by atomic mass is 9.65. The molecule has 0 radical (unpaired) electrons. The summed E-state index contributed by atoms with van der Waals surface area (Å²) in [6.07, 6.45) is 4.41. The molecule has 1 aromatic rings. The zero-order chi connectivity index (χ0) is 15.7. The van der Waals surface area contributed by atoms with Crippen molar-refractivity contribution in [3.05, 3.63) is 29.3 Å². The molecule has 1 aliphatic heterocycles. The van der Waals surface area contributed by atoms with E-state index in [-0.39, 0.29) is 5.41 Å². The van der Waals surface area contributed by atoms with Crippen molar-refractivity contribution >= 4 is 5.71 Å². The molecule has 0 N–H and O–H groups in total. The van der Waals surface area contributed by atoms with Gasteiger partial charge >= 0.3 is 0 Å². The minimum atomic E-state index is 0.249. The molecule has 1 aromatic carbocycles. The summed E-state index contributed by atoms with van der Waals surface area (Å²) in [5, 5.41) is 4.22. The Labute approximate surface area is 133 Å². The molecular formula is C18H26N2O2. The maximum Gasteiger partial charge on any atom is 0.121 e. The fourth-order valence-electron chi connectivity index (χ4n) is 4.34. The van der Waals surface area contributed by atoms with Crippen LogP contribution in [0.3, 0.4) is 0 Å². The standard InChI is InChI=1S/C18H26N2O2/c1-13-11-14(5-6-16(13)21-3)18-8-7-15(19-22-4)12-17(18)20(2)10-9-18/h5-6,11,17H,7-10,12H2,1-4H3/b19-15+/t17-,18-/m0/s1. The van der Waals surface area contributed by atoms with Crippen LogP contribution in [-0.4, -0.2) is 44.5 Å². The fraction of sp³-hybridized carbons (Fsp3) is 0.611. The minimum absolute atomic E-state index is 0.249. The molecule has 0 aromatic heterocycles. The molecule has 1 saturated carbocycles. The SMILES string of the molecule is CO/N=C1\CC[C@@]2(c3ccc(OC)c(C)c3)CCN(C)[C@H]2C1. The van der Waals surface area contributed by atoms with Gasteiger partial charge in [-0.15, -0.1) is 0 Å². The van der Waals surface area contributed by atoms with Crippen LogP contribution in [0.5, 0.6) is 5.75 Å². The summed E-state index contributed by atoms with van der Waals surface area (Å²) in [7, 11) is 5.61. The monoisotopic (exact) mass is 302 g/mol. The second-order valence-corrected chi connectivity index (χ2v) is 6.63. The zero-order valence-corrected chi connectivity index (χ0v) is 14.1. The molecule has 0 bridgehead atoms. The Bertz CT molecular complexity index is 584. The van der Waals surface area contributed by atoms with Crippen LogP contribution < -0.4 is 4.74 Å². The van der Waals surface area contributed by atoms with Crippen LogP contribution in [0.1, 0.15) is 36.8 Å². The lowest BCUT2D eigenvalue weighted by Crippen LogP contribution is -2.46. The van der Waals surface area contributed by atoms with Gasteiger partial charge in [-0.25, -0.2) is 0 Å². The normalized spacial score (nSPS) is 30.4. The van der Waals surface area contributed by atoms with Crippen LogP contribution in [-0.2, 0) is 10.3 Å². The molecule has 0 unspecified atom stereocenters. The maximum atomic E-state index is 5.42. The molecule has 4 heteroatoms. The van der Waals surface area contributed by atoms with E-state index in [9.17, 15) is 0 Å². The number of aryl methyl sites for hydroxylation is 1. The Morgan fingerprint density at radius 3 is 2.77 bits per heavy atom. The molecular weight excluding hydrogens is 276 g/mol. The van der Waals surface area contributed by atoms with Crippen molar-refractivity contribution in [3.8, 4) is 5.75 Å². The summed E-state index contributed by atoms with van der Waals surface area (Å²) in [6, 6.07) is 7.22. The predicted molar refractivity (Wildman–Crippen MR) is 88.7 cm³/mol. The van der Waals surface area contributed by atoms with Crippen LogP contribution in [0.2, 0.25) is 0 Å². The fourth-order valence-corrected chi connectivity index (χ4v) is 4.34. The van der Waals surface area contributed by atoms with Gasteiger partial charge in [0.15, 0.2) is 0 Å². The topological polar surface area (TPSA) is 34.1 Å². The Kier molecular flexibility index (Phi) is 4.13. The number of likely N-dealkylation sites (tertiary alicyclic amines) is 1. The van der Waals surface area contributed by atoms with Gasteiger partial charge in [0.2, 0.25) is 0 Å². The first-order chi connectivity index (χ1) is 10.6. The van der Waals surface area contributed by atoms with Gasteiger partial charge in [-0.3, -0.25) is 0 Å². The first-order valence-corrected chi connectivity index (χ1v) is 8.05. The van der Waals surface area contributed by atoms with Crippen molar-refractivity contribution in [1.29, 1.82) is 0 Å². The van der Waals surface area contributed by atoms with E-state index in [1.54, 1.807) is 14.2 Å². The second kappa shape index (κ2) is 5.92. The van der Waals surface area contributed by atoms with E-state index >= 15 is 0 Å². The Morgan fingerprint density at radius 2 is 2.09 bits per heavy atom. The lowest BCUT2D eigenvalue weighted by molar-refractivity contribution is 0.195. The van der Waals surface area contributed by atoms with Crippen molar-refractivity contribution in [3.63, 3.8) is 0 Å². The first-order valence-electron chi connectivity index (χ1n) is 8.05. The zero-order valence-electron chi connectivity index (χ0n) is 14.1. The van der Waals surface area contributed by atoms with Gasteiger partial charge in [0.25, 0.3) is 0 Å². The highest BCUT2D eigenvalue weighted by molar-refractivity contribution is 5.86. The number of nitrogens with zero attached hydrogens (tertiary/aromatic N) is 2. The number of hydrogen-bond donors (Lipinski definition) is 0. The van der Waals surface area contributed by atoms with Crippen LogP contribution in [0.15, 0.2) is 23.4 Å². The Balaban J connectivity index is 1.97. The summed E-state index contributed by atoms with van der Waals surface area (Å²) < 4.78 is 5.42. The molecule has 1 aliphatic carbocycles. The average molecular weight is 302 g/mol. The molecule has 1 saturated heterocycles. The largest absolute Gasteiger partial charge is 0.496 e. The van der Waals surface area contributed by atoms with E-state index in [1.165, 1.54) is 23.3 Å². The van der Waals surface area contributed by atoms with E-state index in [0.29, 0.717) is 6.04 Å². The highest BCUT2D eigenvalue weighted by atomic mass is 16.6. The third kappa shape index (κ3) is 2.39. The molecule has 4 nitrogen and oxygen atoms in total. The molecule has 2 aliphatic rings. The molecule has 3 rings (SSSR count). The van der Waals surface area contributed by atoms with E-state index in [0.717, 1.165) is 31.6 Å². The number of rotatable bonds is 3. The van der Waals surface area contributed by atoms with Crippen LogP contribution in [0, 0.1) is 6.92 Å². The number of benzene rings is 1. The molecule has 22 heavy (non-hydrogen) atoms. The van der Waals surface area contributed by atoms with Crippen molar-refractivity contribution in [2.24, 2.45) is 5.16 Å². The highest BCUT2D eigenvalue weighted by Gasteiger charge is 2.49. The number of ether oxygens (including phenoxy) is 1. The van der Waals surface area contributed by atoms with Gasteiger partial charge in [-0.2, -0.15) is 0 Å². The minimum Gasteiger partial charge on any atom is -0.496 e. The van der Waals surface area contributed by atoms with E-state index < -0.39 is 0 Å². The summed E-state index contributed by atoms with van der Waals surface area (Å²) >= 11 is 0. The summed E-state index contributed by atoms with van der Waals surface area (Å²) in [5.41, 5.74) is 4.12. The summed E-state index contributed by atoms with van der Waals surface area (Å²) in [5.74, 6) is 0.973. The van der Waals surface area contributed by atoms with E-state index in [1.807, 2.05) is 0 Å². The third-order valence-corrected chi connectivity index (χ3v) is 5.56. The molecule has 120 valence electrons. The van der Waals surface area contributed by atoms with Crippen LogP contribution in [0.25, 0.3) is 0 Å². The lowest BCUT2D eigenvalue weighted by Gasteiger charge is -2.42. The van der Waals surface area contributed by atoms with Crippen LogP contribution >= 0.6 is 0 Å². The molecule has 2 atom stereocenters. The summed E-state index contributed by atoms with van der Waals surface area (Å²) in [4.78, 5) is 7.50. The van der Waals surface area contributed by atoms with Gasteiger partial charge < -0.3 is 14.5 Å². The summed E-state index contributed by atoms with van der Waals surface area (Å²) in [6.45, 7) is 3.28. The third-order valence-electron chi connectivity index (χ3n) is 5.56. The van der Waals surface area contributed by atoms with Crippen molar-refractivity contribution < 1.29 is 9.57 Å². The quantitative estimate of drug-likeness (QED) is 0.805. The highest BCUT2D eigenvalue weighted by Crippen LogP contribution is 2.48. The van der Waals surface area contributed by atoms with Gasteiger partial charge in [-0.05, 0) is 57.0 Å². The number of likely N-dealkylation sites (N-methyl/N-ethyl adjacent to an activating group) is 1. The van der Waals surface area contributed by atoms with Crippen molar-refractivity contribution in [2.45, 2.75) is 44.1 Å². The second-order valence-electron chi connectivity index (χ2n) is 6.63. The van der Waals surface area contributed by atoms with Gasteiger partial charge in [0, 0.05) is 17.9 Å². The molecule has 0 amide bonds. The van der Waals surface area contributed by atoms with Crippen molar-refractivity contribution in [2.75, 3.05) is 27.8 Å². The molecule has 2 fully saturated rings. The smallest absolute Gasteiger partial charge is 0.121 e. The molecule has 1 heterocycles.